The Morgan fingerprint density at radius 2 is 1.61 bits per heavy atom. The Labute approximate surface area is 135 Å². The molecule has 23 heavy (non-hydrogen) atoms. The molecule has 1 aliphatic rings. The lowest BCUT2D eigenvalue weighted by Gasteiger charge is -2.30. The van der Waals surface area contributed by atoms with E-state index in [1.165, 1.54) is 0 Å². The lowest BCUT2D eigenvalue weighted by molar-refractivity contribution is 0.124. The van der Waals surface area contributed by atoms with E-state index in [1.54, 1.807) is 4.90 Å². The molecule has 4 heteroatoms. The molecule has 0 spiro atoms. The second kappa shape index (κ2) is 6.82. The van der Waals surface area contributed by atoms with Crippen molar-refractivity contribution in [1.29, 1.82) is 0 Å². The van der Waals surface area contributed by atoms with Crippen LogP contribution in [0.15, 0.2) is 60.7 Å². The van der Waals surface area contributed by atoms with Crippen molar-refractivity contribution >= 4 is 6.09 Å². The van der Waals surface area contributed by atoms with Gasteiger partial charge in [0.15, 0.2) is 6.10 Å². The number of alkyl halides is 1. The maximum atomic E-state index is 13.5. The van der Waals surface area contributed by atoms with E-state index in [-0.39, 0.29) is 6.04 Å². The number of amides is 1. The van der Waals surface area contributed by atoms with E-state index in [1.807, 2.05) is 67.6 Å². The zero-order valence-electron chi connectivity index (χ0n) is 13.1. The van der Waals surface area contributed by atoms with E-state index in [9.17, 15) is 9.18 Å². The van der Waals surface area contributed by atoms with Crippen LogP contribution >= 0.6 is 0 Å². The summed E-state index contributed by atoms with van der Waals surface area (Å²) in [5.41, 5.74) is 1.88. The standard InChI is InChI=1S/C19H20FNO2/c1-2-16(13-20)21-17(14-9-5-3-6-10-14)18(23-19(21)22)15-11-7-4-8-12-15/h3-12,16-18H,2,13H2,1H3. The second-order valence-electron chi connectivity index (χ2n) is 5.69. The molecular formula is C19H20FNO2. The van der Waals surface area contributed by atoms with Crippen molar-refractivity contribution in [3.05, 3.63) is 71.8 Å². The highest BCUT2D eigenvalue weighted by Crippen LogP contribution is 2.44. The summed E-state index contributed by atoms with van der Waals surface area (Å²) in [4.78, 5) is 14.0. The summed E-state index contributed by atoms with van der Waals surface area (Å²) in [6, 6.07) is 18.5. The Balaban J connectivity index is 2.05. The van der Waals surface area contributed by atoms with Crippen molar-refractivity contribution < 1.29 is 13.9 Å². The number of halogens is 1. The third-order valence-corrected chi connectivity index (χ3v) is 4.34. The molecule has 0 saturated carbocycles. The van der Waals surface area contributed by atoms with E-state index >= 15 is 0 Å². The predicted octanol–water partition coefficient (Wildman–Crippen LogP) is 4.67. The summed E-state index contributed by atoms with van der Waals surface area (Å²) >= 11 is 0. The van der Waals surface area contributed by atoms with Gasteiger partial charge in [-0.2, -0.15) is 0 Å². The highest BCUT2D eigenvalue weighted by Gasteiger charge is 2.46. The van der Waals surface area contributed by atoms with Crippen molar-refractivity contribution in [1.82, 2.24) is 4.90 Å². The van der Waals surface area contributed by atoms with Crippen LogP contribution in [0.1, 0.15) is 36.6 Å². The molecule has 1 fully saturated rings. The molecule has 0 radical (unpaired) electrons. The van der Waals surface area contributed by atoms with Crippen LogP contribution in [-0.2, 0) is 4.74 Å². The molecule has 2 aromatic rings. The zero-order valence-corrected chi connectivity index (χ0v) is 13.1. The number of carbonyl (C=O) groups excluding carboxylic acids is 1. The van der Waals surface area contributed by atoms with Gasteiger partial charge in [0.2, 0.25) is 0 Å². The predicted molar refractivity (Wildman–Crippen MR) is 86.7 cm³/mol. The van der Waals surface area contributed by atoms with Crippen molar-refractivity contribution in [2.45, 2.75) is 31.5 Å². The summed E-state index contributed by atoms with van der Waals surface area (Å²) in [7, 11) is 0. The van der Waals surface area contributed by atoms with E-state index < -0.39 is 24.9 Å². The molecule has 1 amide bonds. The molecule has 3 nitrogen and oxygen atoms in total. The largest absolute Gasteiger partial charge is 0.439 e. The van der Waals surface area contributed by atoms with Crippen LogP contribution in [-0.4, -0.2) is 23.7 Å². The number of cyclic esters (lactones) is 1. The Hall–Kier alpha value is -2.36. The second-order valence-corrected chi connectivity index (χ2v) is 5.69. The van der Waals surface area contributed by atoms with Gasteiger partial charge in [-0.15, -0.1) is 0 Å². The van der Waals surface area contributed by atoms with Gasteiger partial charge >= 0.3 is 6.09 Å². The molecule has 1 saturated heterocycles. The molecule has 120 valence electrons. The highest BCUT2D eigenvalue weighted by molar-refractivity contribution is 5.72. The summed E-state index contributed by atoms with van der Waals surface area (Å²) in [6.07, 6.45) is -0.319. The van der Waals surface area contributed by atoms with Crippen LogP contribution in [0.2, 0.25) is 0 Å². The van der Waals surface area contributed by atoms with Gasteiger partial charge in [0.25, 0.3) is 0 Å². The molecule has 0 N–H and O–H groups in total. The minimum atomic E-state index is -0.573. The average molecular weight is 313 g/mol. The molecule has 0 aromatic heterocycles. The van der Waals surface area contributed by atoms with Crippen LogP contribution in [0, 0.1) is 0 Å². The maximum absolute atomic E-state index is 13.5. The molecule has 1 aliphatic heterocycles. The number of nitrogens with zero attached hydrogens (tertiary/aromatic N) is 1. The Morgan fingerprint density at radius 1 is 1.04 bits per heavy atom. The number of hydrogen-bond donors (Lipinski definition) is 0. The summed E-state index contributed by atoms with van der Waals surface area (Å²) < 4.78 is 19.1. The fourth-order valence-electron chi connectivity index (χ4n) is 3.13. The van der Waals surface area contributed by atoms with Gasteiger partial charge in [-0.1, -0.05) is 67.6 Å². The molecule has 3 atom stereocenters. The average Bonchev–Trinajstić information content (AvgIpc) is 2.95. The minimum Gasteiger partial charge on any atom is -0.439 e. The van der Waals surface area contributed by atoms with Gasteiger partial charge in [0.1, 0.15) is 12.7 Å². The van der Waals surface area contributed by atoms with E-state index in [0.717, 1.165) is 11.1 Å². The Kier molecular flexibility index (Phi) is 4.60. The van der Waals surface area contributed by atoms with Gasteiger partial charge in [-0.25, -0.2) is 9.18 Å². The lowest BCUT2D eigenvalue weighted by atomic mass is 9.94. The monoisotopic (exact) mass is 313 g/mol. The van der Waals surface area contributed by atoms with Crippen LogP contribution < -0.4 is 0 Å². The highest BCUT2D eigenvalue weighted by atomic mass is 19.1. The summed E-state index contributed by atoms with van der Waals surface area (Å²) in [5.74, 6) is 0. The third-order valence-electron chi connectivity index (χ3n) is 4.34. The quantitative estimate of drug-likeness (QED) is 0.803. The summed E-state index contributed by atoms with van der Waals surface area (Å²) in [6.45, 7) is 1.31. The van der Waals surface area contributed by atoms with Crippen molar-refractivity contribution in [3.63, 3.8) is 0 Å². The van der Waals surface area contributed by atoms with Gasteiger partial charge in [-0.05, 0) is 17.5 Å². The first kappa shape index (κ1) is 15.5. The van der Waals surface area contributed by atoms with Gasteiger partial charge in [0, 0.05) is 0 Å². The number of hydrogen-bond acceptors (Lipinski definition) is 2. The van der Waals surface area contributed by atoms with Crippen LogP contribution in [0.25, 0.3) is 0 Å². The fourth-order valence-corrected chi connectivity index (χ4v) is 3.13. The van der Waals surface area contributed by atoms with Crippen molar-refractivity contribution in [2.24, 2.45) is 0 Å². The molecule has 0 bridgehead atoms. The maximum Gasteiger partial charge on any atom is 0.411 e. The number of ether oxygens (including phenoxy) is 1. The topological polar surface area (TPSA) is 29.5 Å². The number of carbonyl (C=O) groups is 1. The van der Waals surface area contributed by atoms with Crippen molar-refractivity contribution in [2.75, 3.05) is 6.67 Å². The van der Waals surface area contributed by atoms with Crippen LogP contribution in [0.4, 0.5) is 9.18 Å². The van der Waals surface area contributed by atoms with Crippen molar-refractivity contribution in [3.8, 4) is 0 Å². The first-order valence-electron chi connectivity index (χ1n) is 7.91. The molecule has 2 aromatic carbocycles. The van der Waals surface area contributed by atoms with Gasteiger partial charge in [0.05, 0.1) is 6.04 Å². The SMILES string of the molecule is CCC(CF)N1C(=O)OC(c2ccccc2)C1c1ccccc1. The molecule has 3 rings (SSSR count). The van der Waals surface area contributed by atoms with E-state index in [4.69, 9.17) is 4.74 Å². The Morgan fingerprint density at radius 3 is 2.13 bits per heavy atom. The summed E-state index contributed by atoms with van der Waals surface area (Å²) in [5, 5.41) is 0. The van der Waals surface area contributed by atoms with Gasteiger partial charge < -0.3 is 4.74 Å². The molecule has 1 heterocycles. The van der Waals surface area contributed by atoms with E-state index in [2.05, 4.69) is 0 Å². The van der Waals surface area contributed by atoms with Crippen LogP contribution in [0.3, 0.4) is 0 Å². The minimum absolute atomic E-state index is 0.313. The number of rotatable bonds is 5. The molecule has 3 unspecified atom stereocenters. The zero-order chi connectivity index (χ0) is 16.2. The van der Waals surface area contributed by atoms with Crippen LogP contribution in [0.5, 0.6) is 0 Å². The normalized spacial score (nSPS) is 22.0. The van der Waals surface area contributed by atoms with Gasteiger partial charge in [-0.3, -0.25) is 4.90 Å². The van der Waals surface area contributed by atoms with E-state index in [0.29, 0.717) is 6.42 Å². The first-order valence-corrected chi connectivity index (χ1v) is 7.91. The Bertz CT molecular complexity index is 643. The molecule has 0 aliphatic carbocycles. The lowest BCUT2D eigenvalue weighted by Crippen LogP contribution is -2.39. The number of benzene rings is 2. The first-order chi connectivity index (χ1) is 11.3. The molecular weight excluding hydrogens is 293 g/mol. The fraction of sp³-hybridized carbons (Fsp3) is 0.316. The smallest absolute Gasteiger partial charge is 0.411 e. The third kappa shape index (κ3) is 2.93.